The van der Waals surface area contributed by atoms with Gasteiger partial charge in [0.05, 0.1) is 6.54 Å². The maximum atomic E-state index is 13.1. The van der Waals surface area contributed by atoms with Gasteiger partial charge in [0.1, 0.15) is 11.5 Å². The Morgan fingerprint density at radius 1 is 1.06 bits per heavy atom. The summed E-state index contributed by atoms with van der Waals surface area (Å²) in [5.74, 6) is -1.12. The molecule has 0 atom stereocenters. The van der Waals surface area contributed by atoms with Crippen LogP contribution in [0.4, 0.5) is 9.18 Å². The fraction of sp³-hybridized carbons (Fsp3) is 0.125. The number of carbonyl (C=O) groups excluding carboxylic acids is 3. The van der Waals surface area contributed by atoms with E-state index in [0.29, 0.717) is 22.4 Å². The molecule has 1 aromatic heterocycles. The molecule has 162 valence electrons. The highest BCUT2D eigenvalue weighted by Gasteiger charge is 2.33. The standard InChI is InChI=1S/C24H21FN4O3/c1-15-12-19(16(2)29(15)27-22(30)18-6-4-3-5-7-18)13-21-23(31)28(24(32)26-21)14-17-8-10-20(25)11-9-17/h3-13H,14H2,1-2H3,(H,26,32)(H,27,30)/b21-13-. The van der Waals surface area contributed by atoms with Crippen LogP contribution in [0.3, 0.4) is 0 Å². The minimum Gasteiger partial charge on any atom is -0.303 e. The number of nitrogens with one attached hydrogen (secondary N) is 2. The van der Waals surface area contributed by atoms with Crippen LogP contribution in [0.15, 0.2) is 66.4 Å². The van der Waals surface area contributed by atoms with Crippen LogP contribution >= 0.6 is 0 Å². The van der Waals surface area contributed by atoms with Crippen molar-refractivity contribution in [1.29, 1.82) is 0 Å². The molecule has 2 N–H and O–H groups in total. The summed E-state index contributed by atoms with van der Waals surface area (Å²) in [5, 5.41) is 2.58. The Morgan fingerprint density at radius 3 is 2.44 bits per heavy atom. The van der Waals surface area contributed by atoms with Crippen LogP contribution in [0.2, 0.25) is 0 Å². The molecule has 0 spiro atoms. The smallest absolute Gasteiger partial charge is 0.303 e. The summed E-state index contributed by atoms with van der Waals surface area (Å²) in [6.07, 6.45) is 1.58. The highest BCUT2D eigenvalue weighted by molar-refractivity contribution is 6.14. The third kappa shape index (κ3) is 4.15. The van der Waals surface area contributed by atoms with Crippen LogP contribution in [0, 0.1) is 19.7 Å². The maximum Gasteiger partial charge on any atom is 0.329 e. The Morgan fingerprint density at radius 2 is 1.75 bits per heavy atom. The van der Waals surface area contributed by atoms with E-state index in [1.165, 1.54) is 24.3 Å². The van der Waals surface area contributed by atoms with Crippen molar-refractivity contribution in [2.24, 2.45) is 0 Å². The Hall–Kier alpha value is -4.20. The van der Waals surface area contributed by atoms with Crippen LogP contribution < -0.4 is 10.7 Å². The lowest BCUT2D eigenvalue weighted by molar-refractivity contribution is -0.123. The van der Waals surface area contributed by atoms with Crippen molar-refractivity contribution in [3.63, 3.8) is 0 Å². The molecule has 1 fully saturated rings. The SMILES string of the molecule is Cc1cc(/C=C2\NC(=O)N(Cc3ccc(F)cc3)C2=O)c(C)n1NC(=O)c1ccccc1. The minimum atomic E-state index is -0.545. The van der Waals surface area contributed by atoms with Gasteiger partial charge in [-0.15, -0.1) is 0 Å². The zero-order chi connectivity index (χ0) is 22.8. The van der Waals surface area contributed by atoms with Crippen molar-refractivity contribution in [2.75, 3.05) is 5.43 Å². The molecular weight excluding hydrogens is 411 g/mol. The first-order valence-corrected chi connectivity index (χ1v) is 9.98. The molecule has 7 nitrogen and oxygen atoms in total. The third-order valence-electron chi connectivity index (χ3n) is 5.24. The predicted octanol–water partition coefficient (Wildman–Crippen LogP) is 3.72. The number of aryl methyl sites for hydroxylation is 1. The number of rotatable bonds is 5. The molecular formula is C24H21FN4O3. The molecule has 2 heterocycles. The summed E-state index contributed by atoms with van der Waals surface area (Å²) in [7, 11) is 0. The first-order valence-electron chi connectivity index (χ1n) is 9.98. The Balaban J connectivity index is 1.54. The van der Waals surface area contributed by atoms with Crippen LogP contribution in [0.25, 0.3) is 6.08 Å². The van der Waals surface area contributed by atoms with E-state index in [9.17, 15) is 18.8 Å². The molecule has 4 rings (SSSR count). The van der Waals surface area contributed by atoms with E-state index in [1.54, 1.807) is 35.0 Å². The van der Waals surface area contributed by atoms with Gasteiger partial charge in [-0.05, 0) is 61.4 Å². The van der Waals surface area contributed by atoms with Crippen molar-refractivity contribution in [1.82, 2.24) is 14.9 Å². The van der Waals surface area contributed by atoms with Crippen LogP contribution in [0.1, 0.15) is 32.9 Å². The molecule has 8 heteroatoms. The van der Waals surface area contributed by atoms with Crippen LogP contribution in [0.5, 0.6) is 0 Å². The van der Waals surface area contributed by atoms with Gasteiger partial charge in [-0.3, -0.25) is 24.6 Å². The number of imide groups is 1. The van der Waals surface area contributed by atoms with Gasteiger partial charge in [-0.1, -0.05) is 30.3 Å². The summed E-state index contributed by atoms with van der Waals surface area (Å²) in [6, 6.07) is 15.7. The average Bonchev–Trinajstić information content (AvgIpc) is 3.20. The van der Waals surface area contributed by atoms with E-state index in [4.69, 9.17) is 0 Å². The highest BCUT2D eigenvalue weighted by Crippen LogP contribution is 2.21. The summed E-state index contributed by atoms with van der Waals surface area (Å²) in [6.45, 7) is 3.67. The molecule has 1 aliphatic heterocycles. The van der Waals surface area contributed by atoms with Gasteiger partial charge in [-0.25, -0.2) is 9.18 Å². The van der Waals surface area contributed by atoms with Crippen LogP contribution in [-0.4, -0.2) is 27.4 Å². The molecule has 4 amide bonds. The van der Waals surface area contributed by atoms with Crippen molar-refractivity contribution >= 4 is 23.9 Å². The Labute approximate surface area is 184 Å². The number of aromatic nitrogens is 1. The second kappa shape index (κ2) is 8.50. The first kappa shape index (κ1) is 21.0. The zero-order valence-corrected chi connectivity index (χ0v) is 17.6. The van der Waals surface area contributed by atoms with Crippen molar-refractivity contribution in [3.05, 3.63) is 100 Å². The summed E-state index contributed by atoms with van der Waals surface area (Å²) in [4.78, 5) is 38.7. The number of benzene rings is 2. The predicted molar refractivity (Wildman–Crippen MR) is 117 cm³/mol. The molecule has 0 aliphatic carbocycles. The quantitative estimate of drug-likeness (QED) is 0.476. The zero-order valence-electron chi connectivity index (χ0n) is 17.6. The van der Waals surface area contributed by atoms with Crippen molar-refractivity contribution in [2.45, 2.75) is 20.4 Å². The molecule has 0 unspecified atom stereocenters. The lowest BCUT2D eigenvalue weighted by Gasteiger charge is -2.12. The van der Waals surface area contributed by atoms with E-state index in [1.807, 2.05) is 26.0 Å². The molecule has 3 aromatic rings. The second-order valence-electron chi connectivity index (χ2n) is 7.47. The topological polar surface area (TPSA) is 83.4 Å². The minimum absolute atomic E-state index is 0.0362. The number of carbonyl (C=O) groups is 3. The number of urea groups is 1. The summed E-state index contributed by atoms with van der Waals surface area (Å²) in [5.41, 5.74) is 6.29. The highest BCUT2D eigenvalue weighted by atomic mass is 19.1. The number of nitrogens with zero attached hydrogens (tertiary/aromatic N) is 2. The van der Waals surface area contributed by atoms with Gasteiger partial charge in [0.15, 0.2) is 0 Å². The van der Waals surface area contributed by atoms with Gasteiger partial charge in [0.2, 0.25) is 0 Å². The van der Waals surface area contributed by atoms with Crippen molar-refractivity contribution in [3.8, 4) is 0 Å². The van der Waals surface area contributed by atoms with E-state index >= 15 is 0 Å². The molecule has 0 bridgehead atoms. The summed E-state index contributed by atoms with van der Waals surface area (Å²) < 4.78 is 14.7. The third-order valence-corrected chi connectivity index (χ3v) is 5.24. The normalized spacial score (nSPS) is 14.7. The van der Waals surface area contributed by atoms with Gasteiger partial charge < -0.3 is 5.32 Å². The molecule has 0 saturated carbocycles. The van der Waals surface area contributed by atoms with Crippen LogP contribution in [-0.2, 0) is 11.3 Å². The lowest BCUT2D eigenvalue weighted by Crippen LogP contribution is -2.30. The van der Waals surface area contributed by atoms with Gasteiger partial charge in [-0.2, -0.15) is 0 Å². The maximum absolute atomic E-state index is 13.1. The van der Waals surface area contributed by atoms with E-state index in [2.05, 4.69) is 10.7 Å². The van der Waals surface area contributed by atoms with E-state index in [-0.39, 0.29) is 24.0 Å². The van der Waals surface area contributed by atoms with Gasteiger partial charge >= 0.3 is 6.03 Å². The Bertz CT molecular complexity index is 1230. The fourth-order valence-corrected chi connectivity index (χ4v) is 3.50. The molecule has 32 heavy (non-hydrogen) atoms. The molecule has 2 aromatic carbocycles. The fourth-order valence-electron chi connectivity index (χ4n) is 3.50. The second-order valence-corrected chi connectivity index (χ2v) is 7.47. The summed E-state index contributed by atoms with van der Waals surface area (Å²) >= 11 is 0. The molecule has 1 aliphatic rings. The van der Waals surface area contributed by atoms with E-state index in [0.717, 1.165) is 10.6 Å². The Kier molecular flexibility index (Phi) is 5.59. The number of amides is 4. The first-order chi connectivity index (χ1) is 15.3. The molecule has 1 saturated heterocycles. The largest absolute Gasteiger partial charge is 0.329 e. The van der Waals surface area contributed by atoms with Gasteiger partial charge in [0.25, 0.3) is 11.8 Å². The number of hydrogen-bond donors (Lipinski definition) is 2. The average molecular weight is 432 g/mol. The lowest BCUT2D eigenvalue weighted by atomic mass is 10.2. The monoisotopic (exact) mass is 432 g/mol. The van der Waals surface area contributed by atoms with E-state index < -0.39 is 11.9 Å². The molecule has 0 radical (unpaired) electrons. The van der Waals surface area contributed by atoms with Gasteiger partial charge in [0, 0.05) is 17.0 Å². The van der Waals surface area contributed by atoms with Crippen molar-refractivity contribution < 1.29 is 18.8 Å². The number of hydrogen-bond acceptors (Lipinski definition) is 3. The number of halogens is 1.